The normalized spacial score (nSPS) is 16.2. The Balaban J connectivity index is 2.33. The summed E-state index contributed by atoms with van der Waals surface area (Å²) in [6.45, 7) is 0.871. The van der Waals surface area contributed by atoms with Crippen LogP contribution in [0.25, 0.3) is 0 Å². The van der Waals surface area contributed by atoms with Crippen molar-refractivity contribution in [1.82, 2.24) is 4.98 Å². The van der Waals surface area contributed by atoms with E-state index in [9.17, 15) is 0 Å². The molecule has 1 aliphatic rings. The van der Waals surface area contributed by atoms with Crippen molar-refractivity contribution in [3.63, 3.8) is 0 Å². The first-order chi connectivity index (χ1) is 5.86. The van der Waals surface area contributed by atoms with Crippen LogP contribution in [-0.4, -0.2) is 27.4 Å². The molecule has 0 unspecified atom stereocenters. The molecule has 0 aromatic carbocycles. The lowest BCUT2D eigenvalue weighted by atomic mass is 10.3. The molecular weight excluding hydrogens is 172 g/mol. The number of aliphatic imine (C=N–C) groups is 1. The van der Waals surface area contributed by atoms with Gasteiger partial charge in [0.15, 0.2) is 0 Å². The van der Waals surface area contributed by atoms with Crippen LogP contribution in [-0.2, 0) is 0 Å². The highest BCUT2D eigenvalue weighted by Crippen LogP contribution is 2.20. The highest BCUT2D eigenvalue weighted by molar-refractivity contribution is 8.14. The van der Waals surface area contributed by atoms with Crippen LogP contribution in [0.15, 0.2) is 23.5 Å². The fourth-order valence-electron chi connectivity index (χ4n) is 1.05. The quantitative estimate of drug-likeness (QED) is 0.708. The van der Waals surface area contributed by atoms with Gasteiger partial charge in [0.2, 0.25) is 0 Å². The zero-order chi connectivity index (χ0) is 8.39. The Bertz CT molecular complexity index is 325. The molecule has 4 heteroatoms. The first-order valence-electron chi connectivity index (χ1n) is 3.68. The van der Waals surface area contributed by atoms with Gasteiger partial charge in [-0.05, 0) is 6.07 Å². The Hall–Kier alpha value is -1.03. The number of thioether (sulfide) groups is 1. The summed E-state index contributed by atoms with van der Waals surface area (Å²) < 4.78 is 0. The Morgan fingerprint density at radius 2 is 2.33 bits per heavy atom. The molecule has 0 bridgehead atoms. The number of aromatic nitrogens is 1. The summed E-state index contributed by atoms with van der Waals surface area (Å²) in [7, 11) is 0. The van der Waals surface area contributed by atoms with E-state index in [0.29, 0.717) is 0 Å². The molecule has 3 nitrogen and oxygen atoms in total. The van der Waals surface area contributed by atoms with E-state index in [1.54, 1.807) is 24.0 Å². The Morgan fingerprint density at radius 1 is 1.42 bits per heavy atom. The first kappa shape index (κ1) is 7.61. The zero-order valence-corrected chi connectivity index (χ0v) is 7.21. The molecule has 1 aromatic rings. The lowest BCUT2D eigenvalue weighted by Crippen LogP contribution is -1.91. The van der Waals surface area contributed by atoms with Gasteiger partial charge in [-0.3, -0.25) is 9.98 Å². The van der Waals surface area contributed by atoms with E-state index >= 15 is 0 Å². The average Bonchev–Trinajstić information content (AvgIpc) is 2.56. The summed E-state index contributed by atoms with van der Waals surface area (Å²) in [5, 5.41) is 10.1. The van der Waals surface area contributed by atoms with Crippen LogP contribution in [0.2, 0.25) is 0 Å². The van der Waals surface area contributed by atoms with Crippen molar-refractivity contribution in [3.8, 4) is 5.75 Å². The fraction of sp³-hybridized carbons (Fsp3) is 0.250. The molecule has 62 valence electrons. The SMILES string of the molecule is Oc1cncc(C2=NCCS2)c1. The van der Waals surface area contributed by atoms with E-state index in [2.05, 4.69) is 9.98 Å². The van der Waals surface area contributed by atoms with E-state index in [4.69, 9.17) is 5.11 Å². The number of pyridine rings is 1. The largest absolute Gasteiger partial charge is 0.506 e. The predicted octanol–water partition coefficient (Wildman–Crippen LogP) is 1.28. The van der Waals surface area contributed by atoms with E-state index in [1.165, 1.54) is 6.20 Å². The minimum absolute atomic E-state index is 0.197. The fourth-order valence-corrected chi connectivity index (χ4v) is 1.89. The summed E-state index contributed by atoms with van der Waals surface area (Å²) in [6, 6.07) is 1.68. The van der Waals surface area contributed by atoms with Gasteiger partial charge < -0.3 is 5.11 Å². The summed E-state index contributed by atoms with van der Waals surface area (Å²) in [5.74, 6) is 1.23. The van der Waals surface area contributed by atoms with Crippen molar-refractivity contribution in [2.45, 2.75) is 0 Å². The lowest BCUT2D eigenvalue weighted by molar-refractivity contribution is 0.472. The molecule has 0 radical (unpaired) electrons. The van der Waals surface area contributed by atoms with Gasteiger partial charge in [0.05, 0.1) is 11.2 Å². The molecule has 0 amide bonds. The standard InChI is InChI=1S/C8H8N2OS/c11-7-3-6(4-9-5-7)8-10-1-2-12-8/h3-5,11H,1-2H2. The van der Waals surface area contributed by atoms with Crippen molar-refractivity contribution in [2.24, 2.45) is 4.99 Å². The molecule has 0 aliphatic carbocycles. The molecule has 0 saturated heterocycles. The summed E-state index contributed by atoms with van der Waals surface area (Å²) in [6.07, 6.45) is 3.14. The van der Waals surface area contributed by atoms with E-state index in [-0.39, 0.29) is 5.75 Å². The van der Waals surface area contributed by atoms with Gasteiger partial charge in [0.1, 0.15) is 5.75 Å². The van der Waals surface area contributed by atoms with Crippen molar-refractivity contribution >= 4 is 16.8 Å². The average molecular weight is 180 g/mol. The van der Waals surface area contributed by atoms with Crippen molar-refractivity contribution in [1.29, 1.82) is 0 Å². The molecule has 1 aliphatic heterocycles. The van der Waals surface area contributed by atoms with Crippen LogP contribution in [0.3, 0.4) is 0 Å². The maximum Gasteiger partial charge on any atom is 0.134 e. The Labute approximate surface area is 74.6 Å². The topological polar surface area (TPSA) is 45.5 Å². The summed E-state index contributed by atoms with van der Waals surface area (Å²) in [5.41, 5.74) is 0.914. The second-order valence-electron chi connectivity index (χ2n) is 2.47. The molecule has 0 saturated carbocycles. The molecular formula is C8H8N2OS. The molecule has 1 N–H and O–H groups in total. The Morgan fingerprint density at radius 3 is 3.00 bits per heavy atom. The first-order valence-corrected chi connectivity index (χ1v) is 4.66. The van der Waals surface area contributed by atoms with Gasteiger partial charge in [-0.1, -0.05) is 0 Å². The molecule has 0 atom stereocenters. The maximum atomic E-state index is 9.15. The van der Waals surface area contributed by atoms with Gasteiger partial charge in [-0.2, -0.15) is 0 Å². The Kier molecular flexibility index (Phi) is 1.99. The maximum absolute atomic E-state index is 9.15. The molecule has 1 aromatic heterocycles. The molecule has 2 heterocycles. The third-order valence-electron chi connectivity index (χ3n) is 1.56. The minimum Gasteiger partial charge on any atom is -0.506 e. The number of hydrogen-bond donors (Lipinski definition) is 1. The van der Waals surface area contributed by atoms with E-state index < -0.39 is 0 Å². The van der Waals surface area contributed by atoms with Crippen LogP contribution in [0.5, 0.6) is 5.75 Å². The number of aromatic hydroxyl groups is 1. The van der Waals surface area contributed by atoms with Gasteiger partial charge in [0.25, 0.3) is 0 Å². The summed E-state index contributed by atoms with van der Waals surface area (Å²) >= 11 is 1.70. The summed E-state index contributed by atoms with van der Waals surface area (Å²) in [4.78, 5) is 8.16. The highest BCUT2D eigenvalue weighted by atomic mass is 32.2. The number of rotatable bonds is 1. The molecule has 0 fully saturated rings. The third-order valence-corrected chi connectivity index (χ3v) is 2.58. The van der Waals surface area contributed by atoms with Gasteiger partial charge >= 0.3 is 0 Å². The van der Waals surface area contributed by atoms with E-state index in [1.807, 2.05) is 0 Å². The van der Waals surface area contributed by atoms with Gasteiger partial charge in [0, 0.05) is 24.1 Å². The van der Waals surface area contributed by atoms with Crippen molar-refractivity contribution in [2.75, 3.05) is 12.3 Å². The zero-order valence-electron chi connectivity index (χ0n) is 6.40. The van der Waals surface area contributed by atoms with Crippen molar-refractivity contribution < 1.29 is 5.11 Å². The van der Waals surface area contributed by atoms with Crippen LogP contribution < -0.4 is 0 Å². The smallest absolute Gasteiger partial charge is 0.134 e. The number of hydrogen-bond acceptors (Lipinski definition) is 4. The molecule has 2 rings (SSSR count). The molecule has 0 spiro atoms. The monoisotopic (exact) mass is 180 g/mol. The van der Waals surface area contributed by atoms with Crippen LogP contribution in [0, 0.1) is 0 Å². The third kappa shape index (κ3) is 1.43. The predicted molar refractivity (Wildman–Crippen MR) is 49.8 cm³/mol. The molecule has 12 heavy (non-hydrogen) atoms. The van der Waals surface area contributed by atoms with Crippen LogP contribution in [0.4, 0.5) is 0 Å². The minimum atomic E-state index is 0.197. The second kappa shape index (κ2) is 3.15. The second-order valence-corrected chi connectivity index (χ2v) is 3.55. The highest BCUT2D eigenvalue weighted by Gasteiger charge is 2.09. The van der Waals surface area contributed by atoms with Crippen molar-refractivity contribution in [3.05, 3.63) is 24.0 Å². The lowest BCUT2D eigenvalue weighted by Gasteiger charge is -1.98. The van der Waals surface area contributed by atoms with Gasteiger partial charge in [-0.25, -0.2) is 0 Å². The van der Waals surface area contributed by atoms with Crippen LogP contribution in [0.1, 0.15) is 5.56 Å². The van der Waals surface area contributed by atoms with E-state index in [0.717, 1.165) is 22.9 Å². The van der Waals surface area contributed by atoms with Crippen LogP contribution >= 0.6 is 11.8 Å². The number of nitrogens with zero attached hydrogens (tertiary/aromatic N) is 2. The van der Waals surface area contributed by atoms with Gasteiger partial charge in [-0.15, -0.1) is 11.8 Å².